The van der Waals surface area contributed by atoms with Crippen molar-refractivity contribution < 1.29 is 9.18 Å². The Hall–Kier alpha value is -1.88. The third kappa shape index (κ3) is 3.85. The molecule has 0 atom stereocenters. The predicted octanol–water partition coefficient (Wildman–Crippen LogP) is 2.95. The van der Waals surface area contributed by atoms with Crippen molar-refractivity contribution in [1.29, 1.82) is 0 Å². The molecular weight excluding hydrogens is 251 g/mol. The van der Waals surface area contributed by atoms with E-state index in [1.165, 1.54) is 36.0 Å². The van der Waals surface area contributed by atoms with E-state index < -0.39 is 0 Å². The number of pyridine rings is 1. The molecule has 0 radical (unpaired) electrons. The van der Waals surface area contributed by atoms with Gasteiger partial charge in [0.25, 0.3) is 0 Å². The van der Waals surface area contributed by atoms with Crippen molar-refractivity contribution in [1.82, 2.24) is 4.98 Å². The topological polar surface area (TPSA) is 42.0 Å². The molecule has 0 aliphatic carbocycles. The van der Waals surface area contributed by atoms with Crippen LogP contribution in [0.4, 0.5) is 10.1 Å². The minimum absolute atomic E-state index is 0.141. The van der Waals surface area contributed by atoms with Crippen LogP contribution in [0.1, 0.15) is 0 Å². The first kappa shape index (κ1) is 12.6. The smallest absolute Gasteiger partial charge is 0.234 e. The number of anilines is 1. The van der Waals surface area contributed by atoms with Crippen molar-refractivity contribution in [2.75, 3.05) is 11.1 Å². The summed E-state index contributed by atoms with van der Waals surface area (Å²) in [7, 11) is 0. The molecule has 1 amide bonds. The van der Waals surface area contributed by atoms with E-state index in [1.54, 1.807) is 6.20 Å². The molecule has 2 rings (SSSR count). The number of thioether (sulfide) groups is 1. The number of benzene rings is 1. The van der Waals surface area contributed by atoms with Gasteiger partial charge in [0.15, 0.2) is 0 Å². The zero-order valence-electron chi connectivity index (χ0n) is 9.47. The largest absolute Gasteiger partial charge is 0.325 e. The molecule has 1 heterocycles. The van der Waals surface area contributed by atoms with Gasteiger partial charge in [-0.1, -0.05) is 17.8 Å². The molecule has 0 saturated heterocycles. The molecule has 0 bridgehead atoms. The molecule has 0 unspecified atom stereocenters. The van der Waals surface area contributed by atoms with E-state index >= 15 is 0 Å². The molecule has 2 aromatic rings. The number of carbonyl (C=O) groups is 1. The molecule has 3 nitrogen and oxygen atoms in total. The van der Waals surface area contributed by atoms with Crippen molar-refractivity contribution in [2.24, 2.45) is 0 Å². The fraction of sp³-hybridized carbons (Fsp3) is 0.0769. The molecule has 0 saturated carbocycles. The van der Waals surface area contributed by atoms with Crippen LogP contribution in [0.5, 0.6) is 0 Å². The Labute approximate surface area is 108 Å². The summed E-state index contributed by atoms with van der Waals surface area (Å²) in [6.07, 6.45) is 1.68. The number of hydrogen-bond donors (Lipinski definition) is 1. The van der Waals surface area contributed by atoms with E-state index in [9.17, 15) is 9.18 Å². The van der Waals surface area contributed by atoms with Crippen LogP contribution in [-0.4, -0.2) is 16.6 Å². The van der Waals surface area contributed by atoms with E-state index in [0.29, 0.717) is 5.69 Å². The zero-order valence-corrected chi connectivity index (χ0v) is 10.3. The summed E-state index contributed by atoms with van der Waals surface area (Å²) >= 11 is 1.35. The summed E-state index contributed by atoms with van der Waals surface area (Å²) in [5, 5.41) is 3.48. The van der Waals surface area contributed by atoms with Crippen molar-refractivity contribution in [2.45, 2.75) is 5.03 Å². The first-order valence-corrected chi connectivity index (χ1v) is 6.32. The Kier molecular flexibility index (Phi) is 4.30. The van der Waals surface area contributed by atoms with Crippen LogP contribution in [0, 0.1) is 5.82 Å². The third-order valence-corrected chi connectivity index (χ3v) is 3.06. The Morgan fingerprint density at radius 1 is 1.22 bits per heavy atom. The van der Waals surface area contributed by atoms with Crippen molar-refractivity contribution in [3.05, 3.63) is 54.5 Å². The number of nitrogens with one attached hydrogen (secondary N) is 1. The van der Waals surface area contributed by atoms with Crippen molar-refractivity contribution >= 4 is 23.4 Å². The highest BCUT2D eigenvalue weighted by atomic mass is 32.2. The Morgan fingerprint density at radius 3 is 2.67 bits per heavy atom. The van der Waals surface area contributed by atoms with Crippen LogP contribution in [-0.2, 0) is 4.79 Å². The highest BCUT2D eigenvalue weighted by Gasteiger charge is 2.04. The van der Waals surface area contributed by atoms with Crippen LogP contribution < -0.4 is 5.32 Å². The highest BCUT2D eigenvalue weighted by Crippen LogP contribution is 2.15. The standard InChI is InChI=1S/C13H11FN2OS/c14-10-4-6-11(7-5-10)16-12(17)9-18-13-3-1-2-8-15-13/h1-8H,9H2,(H,16,17). The van der Waals surface area contributed by atoms with Gasteiger partial charge in [0.2, 0.25) is 5.91 Å². The first-order valence-electron chi connectivity index (χ1n) is 5.33. The van der Waals surface area contributed by atoms with Gasteiger partial charge < -0.3 is 5.32 Å². The second-order valence-electron chi connectivity index (χ2n) is 3.51. The van der Waals surface area contributed by atoms with Gasteiger partial charge in [0.05, 0.1) is 10.8 Å². The van der Waals surface area contributed by atoms with Crippen molar-refractivity contribution in [3.8, 4) is 0 Å². The second-order valence-corrected chi connectivity index (χ2v) is 4.51. The SMILES string of the molecule is O=C(CSc1ccccn1)Nc1ccc(F)cc1. The summed E-state index contributed by atoms with van der Waals surface area (Å²) in [5.74, 6) is -0.192. The predicted molar refractivity (Wildman–Crippen MR) is 70.0 cm³/mol. The molecule has 0 fully saturated rings. The fourth-order valence-electron chi connectivity index (χ4n) is 1.30. The van der Waals surface area contributed by atoms with Gasteiger partial charge in [-0.15, -0.1) is 0 Å². The lowest BCUT2D eigenvalue weighted by Gasteiger charge is -2.04. The van der Waals surface area contributed by atoms with Crippen LogP contribution in [0.3, 0.4) is 0 Å². The Balaban J connectivity index is 1.84. The minimum Gasteiger partial charge on any atom is -0.325 e. The average Bonchev–Trinajstić information content (AvgIpc) is 2.40. The summed E-state index contributed by atoms with van der Waals surface area (Å²) < 4.78 is 12.7. The second kappa shape index (κ2) is 6.16. The quantitative estimate of drug-likeness (QED) is 0.861. The Morgan fingerprint density at radius 2 is 2.00 bits per heavy atom. The van der Waals surface area contributed by atoms with Crippen LogP contribution in [0.25, 0.3) is 0 Å². The average molecular weight is 262 g/mol. The number of halogens is 1. The van der Waals surface area contributed by atoms with Gasteiger partial charge in [-0.25, -0.2) is 9.37 Å². The monoisotopic (exact) mass is 262 g/mol. The van der Waals surface area contributed by atoms with Crippen LogP contribution in [0.15, 0.2) is 53.7 Å². The van der Waals surface area contributed by atoms with E-state index in [2.05, 4.69) is 10.3 Å². The lowest BCUT2D eigenvalue weighted by molar-refractivity contribution is -0.113. The van der Waals surface area contributed by atoms with E-state index in [-0.39, 0.29) is 17.5 Å². The number of aromatic nitrogens is 1. The molecule has 0 aliphatic rings. The lowest BCUT2D eigenvalue weighted by atomic mass is 10.3. The maximum atomic E-state index is 12.7. The van der Waals surface area contributed by atoms with Gasteiger partial charge in [0.1, 0.15) is 5.82 Å². The van der Waals surface area contributed by atoms with Gasteiger partial charge in [-0.3, -0.25) is 4.79 Å². The fourth-order valence-corrected chi connectivity index (χ4v) is 1.96. The molecule has 0 spiro atoms. The van der Waals surface area contributed by atoms with E-state index in [4.69, 9.17) is 0 Å². The number of carbonyl (C=O) groups excluding carboxylic acids is 1. The van der Waals surface area contributed by atoms with Crippen LogP contribution >= 0.6 is 11.8 Å². The van der Waals surface area contributed by atoms with E-state index in [1.807, 2.05) is 18.2 Å². The zero-order chi connectivity index (χ0) is 12.8. The maximum absolute atomic E-state index is 12.7. The van der Waals surface area contributed by atoms with Crippen molar-refractivity contribution in [3.63, 3.8) is 0 Å². The normalized spacial score (nSPS) is 10.1. The molecule has 0 aliphatic heterocycles. The summed E-state index contributed by atoms with van der Waals surface area (Å²) in [4.78, 5) is 15.7. The molecule has 1 aromatic heterocycles. The number of rotatable bonds is 4. The molecule has 5 heteroatoms. The summed E-state index contributed by atoms with van der Waals surface area (Å²) in [6.45, 7) is 0. The lowest BCUT2D eigenvalue weighted by Crippen LogP contribution is -2.13. The molecule has 1 aromatic carbocycles. The number of hydrogen-bond acceptors (Lipinski definition) is 3. The number of amides is 1. The summed E-state index contributed by atoms with van der Waals surface area (Å²) in [5.41, 5.74) is 0.586. The molecule has 92 valence electrons. The van der Waals surface area contributed by atoms with Gasteiger partial charge in [0, 0.05) is 11.9 Å². The van der Waals surface area contributed by atoms with Gasteiger partial charge in [-0.05, 0) is 36.4 Å². The minimum atomic E-state index is -0.323. The first-order chi connectivity index (χ1) is 8.74. The molecule has 18 heavy (non-hydrogen) atoms. The molecule has 1 N–H and O–H groups in total. The number of nitrogens with zero attached hydrogens (tertiary/aromatic N) is 1. The van der Waals surface area contributed by atoms with Gasteiger partial charge >= 0.3 is 0 Å². The van der Waals surface area contributed by atoms with Crippen LogP contribution in [0.2, 0.25) is 0 Å². The third-order valence-electron chi connectivity index (χ3n) is 2.12. The summed E-state index contributed by atoms with van der Waals surface area (Å²) in [6, 6.07) is 11.2. The van der Waals surface area contributed by atoms with Gasteiger partial charge in [-0.2, -0.15) is 0 Å². The maximum Gasteiger partial charge on any atom is 0.234 e. The van der Waals surface area contributed by atoms with E-state index in [0.717, 1.165) is 5.03 Å². The molecular formula is C13H11FN2OS. The highest BCUT2D eigenvalue weighted by molar-refractivity contribution is 7.99. The Bertz CT molecular complexity index is 516.